The van der Waals surface area contributed by atoms with Crippen LogP contribution in [0.3, 0.4) is 0 Å². The summed E-state index contributed by atoms with van der Waals surface area (Å²) >= 11 is 0. The van der Waals surface area contributed by atoms with Gasteiger partial charge in [-0.15, -0.1) is 0 Å². The van der Waals surface area contributed by atoms with Gasteiger partial charge in [0.1, 0.15) is 11.3 Å². The Balaban J connectivity index is 2.19. The molecular weight excluding hydrogens is 348 g/mol. The van der Waals surface area contributed by atoms with E-state index in [9.17, 15) is 4.79 Å². The molecule has 0 aliphatic rings. The number of carbonyl (C=O) groups is 1. The number of aryl methyl sites for hydroxylation is 5. The average molecular weight is 374 g/mol. The van der Waals surface area contributed by atoms with E-state index in [1.165, 1.54) is 18.1 Å². The van der Waals surface area contributed by atoms with Gasteiger partial charge in [0, 0.05) is 11.8 Å². The molecule has 0 saturated carbocycles. The minimum Gasteiger partial charge on any atom is -0.445 e. The first kappa shape index (κ1) is 19.6. The Morgan fingerprint density at radius 3 is 2.14 bits per heavy atom. The summed E-state index contributed by atoms with van der Waals surface area (Å²) in [6.07, 6.45) is 0. The Morgan fingerprint density at radius 2 is 1.54 bits per heavy atom. The van der Waals surface area contributed by atoms with Crippen LogP contribution in [0.1, 0.15) is 45.3 Å². The highest BCUT2D eigenvalue weighted by atomic mass is 16.4. The summed E-state index contributed by atoms with van der Waals surface area (Å²) in [6, 6.07) is 14.0. The predicted octanol–water partition coefficient (Wildman–Crippen LogP) is 6.00. The fourth-order valence-electron chi connectivity index (χ4n) is 3.28. The van der Waals surface area contributed by atoms with Crippen molar-refractivity contribution in [3.05, 3.63) is 81.4 Å². The maximum absolute atomic E-state index is 12.5. The molecule has 0 fully saturated rings. The quantitative estimate of drug-likeness (QED) is 0.570. The van der Waals surface area contributed by atoms with Crippen molar-refractivity contribution in [3.8, 4) is 0 Å². The summed E-state index contributed by atoms with van der Waals surface area (Å²) in [5.74, 6) is 1.00. The molecule has 0 spiro atoms. The lowest BCUT2D eigenvalue weighted by Gasteiger charge is -2.13. The van der Waals surface area contributed by atoms with Gasteiger partial charge in [-0.25, -0.2) is 4.99 Å². The van der Waals surface area contributed by atoms with Gasteiger partial charge in [-0.05, 0) is 64.8 Å². The van der Waals surface area contributed by atoms with E-state index in [0.29, 0.717) is 22.6 Å². The number of rotatable bonds is 4. The number of benzene rings is 2. The van der Waals surface area contributed by atoms with E-state index >= 15 is 0 Å². The Morgan fingerprint density at radius 1 is 0.893 bits per heavy atom. The van der Waals surface area contributed by atoms with Crippen LogP contribution in [-0.4, -0.2) is 5.78 Å². The van der Waals surface area contributed by atoms with Crippen molar-refractivity contribution in [2.75, 3.05) is 5.32 Å². The van der Waals surface area contributed by atoms with Crippen molar-refractivity contribution >= 4 is 23.0 Å². The molecular formula is C24H26N2O2. The Labute approximate surface area is 166 Å². The highest BCUT2D eigenvalue weighted by Gasteiger charge is 2.16. The first-order valence-electron chi connectivity index (χ1n) is 9.36. The second-order valence-electron chi connectivity index (χ2n) is 7.35. The fraction of sp³-hybridized carbons (Fsp3) is 0.250. The molecule has 3 rings (SSSR count). The minimum absolute atomic E-state index is 0.0977. The number of nitrogens with zero attached hydrogens (tertiary/aromatic N) is 1. The zero-order valence-corrected chi connectivity index (χ0v) is 17.3. The molecule has 1 N–H and O–H groups in total. The molecule has 0 bridgehead atoms. The van der Waals surface area contributed by atoms with Gasteiger partial charge in [0.15, 0.2) is 5.78 Å². The number of carbonyl (C=O) groups excluding carboxylic acids is 1. The van der Waals surface area contributed by atoms with Crippen molar-refractivity contribution in [1.82, 2.24) is 0 Å². The summed E-state index contributed by atoms with van der Waals surface area (Å²) in [7, 11) is 0. The van der Waals surface area contributed by atoms with Crippen molar-refractivity contribution in [3.63, 3.8) is 0 Å². The molecule has 0 amide bonds. The summed E-state index contributed by atoms with van der Waals surface area (Å²) in [5, 5.41) is 3.90. The largest absolute Gasteiger partial charge is 0.445 e. The van der Waals surface area contributed by atoms with Crippen LogP contribution in [0.5, 0.6) is 0 Å². The second kappa shape index (κ2) is 7.85. The first-order valence-corrected chi connectivity index (χ1v) is 9.36. The van der Waals surface area contributed by atoms with E-state index in [1.54, 1.807) is 0 Å². The third kappa shape index (κ3) is 4.22. The molecule has 0 atom stereocenters. The van der Waals surface area contributed by atoms with Crippen LogP contribution >= 0.6 is 0 Å². The van der Waals surface area contributed by atoms with E-state index in [4.69, 9.17) is 9.41 Å². The second-order valence-corrected chi connectivity index (χ2v) is 7.35. The van der Waals surface area contributed by atoms with Crippen LogP contribution in [0.2, 0.25) is 0 Å². The van der Waals surface area contributed by atoms with Gasteiger partial charge in [0.2, 0.25) is 5.88 Å². The summed E-state index contributed by atoms with van der Waals surface area (Å²) < 4.78 is 5.89. The van der Waals surface area contributed by atoms with Gasteiger partial charge in [0.05, 0.1) is 11.0 Å². The molecule has 3 aromatic rings. The molecule has 0 aliphatic heterocycles. The molecule has 0 radical (unpaired) electrons. The fourth-order valence-corrected chi connectivity index (χ4v) is 3.28. The maximum Gasteiger partial charge on any atom is 0.210 e. The molecule has 1 aromatic heterocycles. The van der Waals surface area contributed by atoms with Crippen LogP contribution < -0.4 is 10.7 Å². The summed E-state index contributed by atoms with van der Waals surface area (Å²) in [5.41, 5.74) is 6.71. The lowest BCUT2D eigenvalue weighted by molar-refractivity contribution is 0.101. The molecule has 1 heterocycles. The molecule has 0 aliphatic carbocycles. The van der Waals surface area contributed by atoms with Crippen LogP contribution in [0, 0.1) is 34.6 Å². The van der Waals surface area contributed by atoms with Crippen LogP contribution in [0.4, 0.5) is 17.3 Å². The van der Waals surface area contributed by atoms with E-state index in [0.717, 1.165) is 22.5 Å². The molecule has 0 saturated heterocycles. The Hall–Kier alpha value is -3.14. The van der Waals surface area contributed by atoms with E-state index in [1.807, 2.05) is 51.1 Å². The molecule has 4 nitrogen and oxygen atoms in total. The summed E-state index contributed by atoms with van der Waals surface area (Å²) in [6.45, 7) is 11.5. The SMILES string of the molecule is CC(=O)c1c(Nc2ccc(C)cc2C)oc(C)cc1=Nc1ccc(C)cc1C. The smallest absolute Gasteiger partial charge is 0.210 e. The highest BCUT2D eigenvalue weighted by Crippen LogP contribution is 2.25. The van der Waals surface area contributed by atoms with Crippen molar-refractivity contribution in [1.29, 1.82) is 0 Å². The molecule has 0 unspecified atom stereocenters. The normalized spacial score (nSPS) is 11.6. The molecule has 144 valence electrons. The van der Waals surface area contributed by atoms with Crippen LogP contribution in [0.25, 0.3) is 0 Å². The van der Waals surface area contributed by atoms with E-state index in [2.05, 4.69) is 31.3 Å². The van der Waals surface area contributed by atoms with Gasteiger partial charge in [-0.3, -0.25) is 4.79 Å². The van der Waals surface area contributed by atoms with E-state index < -0.39 is 0 Å². The third-order valence-corrected chi connectivity index (χ3v) is 4.66. The molecule has 4 heteroatoms. The molecule has 2 aromatic carbocycles. The first-order chi connectivity index (χ1) is 13.2. The van der Waals surface area contributed by atoms with Gasteiger partial charge in [-0.2, -0.15) is 0 Å². The van der Waals surface area contributed by atoms with Gasteiger partial charge in [0.25, 0.3) is 0 Å². The average Bonchev–Trinajstić information content (AvgIpc) is 2.59. The lowest BCUT2D eigenvalue weighted by atomic mass is 10.1. The third-order valence-electron chi connectivity index (χ3n) is 4.66. The standard InChI is InChI=1S/C24H26N2O2/c1-14-7-9-20(16(3)11-14)25-22-13-18(5)28-24(23(22)19(6)27)26-21-10-8-15(2)12-17(21)4/h7-13,26H,1-6H3. The van der Waals surface area contributed by atoms with Gasteiger partial charge in [-0.1, -0.05) is 35.4 Å². The zero-order valence-electron chi connectivity index (χ0n) is 17.3. The van der Waals surface area contributed by atoms with E-state index in [-0.39, 0.29) is 5.78 Å². The number of hydrogen-bond donors (Lipinski definition) is 1. The topological polar surface area (TPSA) is 54.6 Å². The van der Waals surface area contributed by atoms with Gasteiger partial charge < -0.3 is 9.73 Å². The van der Waals surface area contributed by atoms with Crippen molar-refractivity contribution in [2.45, 2.75) is 41.5 Å². The minimum atomic E-state index is -0.0977. The number of anilines is 2. The van der Waals surface area contributed by atoms with Gasteiger partial charge >= 0.3 is 0 Å². The number of nitrogens with one attached hydrogen (secondary N) is 1. The zero-order chi connectivity index (χ0) is 20.4. The summed E-state index contributed by atoms with van der Waals surface area (Å²) in [4.78, 5) is 17.3. The van der Waals surface area contributed by atoms with Crippen LogP contribution in [-0.2, 0) is 0 Å². The molecule has 28 heavy (non-hydrogen) atoms. The monoisotopic (exact) mass is 374 g/mol. The van der Waals surface area contributed by atoms with Crippen LogP contribution in [0.15, 0.2) is 51.9 Å². The van der Waals surface area contributed by atoms with Crippen molar-refractivity contribution in [2.24, 2.45) is 4.99 Å². The predicted molar refractivity (Wildman–Crippen MR) is 114 cm³/mol. The number of hydrogen-bond acceptors (Lipinski definition) is 4. The Bertz CT molecular complexity index is 1120. The Kier molecular flexibility index (Phi) is 5.50. The number of Topliss-reactive ketones (excluding diaryl/α,β-unsaturated/α-hetero) is 1. The maximum atomic E-state index is 12.5. The number of ketones is 1. The highest BCUT2D eigenvalue weighted by molar-refractivity contribution is 5.98. The van der Waals surface area contributed by atoms with Crippen molar-refractivity contribution < 1.29 is 9.21 Å². The lowest BCUT2D eigenvalue weighted by Crippen LogP contribution is -2.17.